The molecule has 1 aliphatic heterocycles. The average molecular weight is 398 g/mol. The van der Waals surface area contributed by atoms with E-state index in [1.807, 2.05) is 6.07 Å². The number of nitrogens with zero attached hydrogens (tertiary/aromatic N) is 1. The molecule has 1 aromatic heterocycles. The van der Waals surface area contributed by atoms with Crippen molar-refractivity contribution in [3.05, 3.63) is 45.3 Å². The number of urea groups is 1. The van der Waals surface area contributed by atoms with Gasteiger partial charge in [0.05, 0.1) is 11.4 Å². The summed E-state index contributed by atoms with van der Waals surface area (Å²) < 4.78 is 0. The van der Waals surface area contributed by atoms with Crippen molar-refractivity contribution in [2.24, 2.45) is 0 Å². The van der Waals surface area contributed by atoms with E-state index in [0.29, 0.717) is 14.9 Å². The third-order valence-corrected chi connectivity index (χ3v) is 5.10. The molecule has 0 aliphatic carbocycles. The Morgan fingerprint density at radius 2 is 1.92 bits per heavy atom. The van der Waals surface area contributed by atoms with E-state index in [1.54, 1.807) is 24.3 Å². The molecule has 0 atom stereocenters. The molecule has 0 radical (unpaired) electrons. The Bertz CT molecular complexity index is 817. The van der Waals surface area contributed by atoms with Crippen LogP contribution in [-0.2, 0) is 4.79 Å². The maximum Gasteiger partial charge on any atom is 0.324 e. The average Bonchev–Trinajstić information content (AvgIpc) is 3.16. The van der Waals surface area contributed by atoms with Gasteiger partial charge in [-0.15, -0.1) is 11.3 Å². The quantitative estimate of drug-likeness (QED) is 0.761. The van der Waals surface area contributed by atoms with Gasteiger partial charge in [-0.05, 0) is 35.9 Å². The van der Waals surface area contributed by atoms with E-state index in [4.69, 9.17) is 23.2 Å². The van der Waals surface area contributed by atoms with Gasteiger partial charge in [-0.3, -0.25) is 14.5 Å². The van der Waals surface area contributed by atoms with Crippen LogP contribution in [0.4, 0.5) is 4.79 Å². The van der Waals surface area contributed by atoms with Gasteiger partial charge in [0.2, 0.25) is 5.91 Å². The van der Waals surface area contributed by atoms with E-state index < -0.39 is 6.03 Å². The molecule has 6 nitrogen and oxygen atoms in total. The Labute approximate surface area is 157 Å². The van der Waals surface area contributed by atoms with Crippen LogP contribution in [0.3, 0.4) is 0 Å². The molecule has 3 rings (SSSR count). The summed E-state index contributed by atoms with van der Waals surface area (Å²) in [7, 11) is 0. The predicted octanol–water partition coefficient (Wildman–Crippen LogP) is 3.00. The summed E-state index contributed by atoms with van der Waals surface area (Å²) in [6.07, 6.45) is 0. The molecule has 4 amide bonds. The van der Waals surface area contributed by atoms with Gasteiger partial charge >= 0.3 is 6.03 Å². The Morgan fingerprint density at radius 1 is 1.20 bits per heavy atom. The van der Waals surface area contributed by atoms with Gasteiger partial charge in [0.1, 0.15) is 0 Å². The number of hydrogen-bond donors (Lipinski definition) is 2. The highest BCUT2D eigenvalue weighted by Crippen LogP contribution is 2.32. The molecular weight excluding hydrogens is 385 g/mol. The first-order valence-corrected chi connectivity index (χ1v) is 8.94. The van der Waals surface area contributed by atoms with Crippen LogP contribution >= 0.6 is 34.5 Å². The maximum atomic E-state index is 12.2. The minimum Gasteiger partial charge on any atom is -0.350 e. The standard InChI is InChI=1S/C16H13Cl2N3O3S/c17-10-5-9(6-11(18)7-10)12-1-2-13(25-12)15(23)19-3-4-21-14(22)8-20-16(21)24/h1-2,5-7H,3-4,8H2,(H,19,23)(H,20,24). The third kappa shape index (κ3) is 4.12. The summed E-state index contributed by atoms with van der Waals surface area (Å²) in [5, 5.41) is 6.17. The van der Waals surface area contributed by atoms with Crippen LogP contribution in [0.5, 0.6) is 0 Å². The molecule has 2 heterocycles. The first-order chi connectivity index (χ1) is 11.9. The van der Waals surface area contributed by atoms with Gasteiger partial charge in [0.25, 0.3) is 5.91 Å². The summed E-state index contributed by atoms with van der Waals surface area (Å²) in [4.78, 5) is 37.5. The molecular formula is C16H13Cl2N3O3S. The van der Waals surface area contributed by atoms with Gasteiger partial charge in [-0.1, -0.05) is 23.2 Å². The number of carbonyl (C=O) groups is 3. The highest BCUT2D eigenvalue weighted by atomic mass is 35.5. The monoisotopic (exact) mass is 397 g/mol. The van der Waals surface area contributed by atoms with Gasteiger partial charge in [0.15, 0.2) is 0 Å². The first kappa shape index (κ1) is 17.7. The number of rotatable bonds is 5. The lowest BCUT2D eigenvalue weighted by Crippen LogP contribution is -2.38. The molecule has 0 bridgehead atoms. The normalized spacial score (nSPS) is 13.9. The fourth-order valence-electron chi connectivity index (χ4n) is 2.36. The molecule has 9 heteroatoms. The van der Waals surface area contributed by atoms with E-state index in [1.165, 1.54) is 11.3 Å². The molecule has 1 saturated heterocycles. The molecule has 1 fully saturated rings. The molecule has 130 valence electrons. The van der Waals surface area contributed by atoms with Crippen molar-refractivity contribution in [1.29, 1.82) is 0 Å². The summed E-state index contributed by atoms with van der Waals surface area (Å²) in [5.41, 5.74) is 0.834. The Kier molecular flexibility index (Phi) is 5.27. The van der Waals surface area contributed by atoms with Crippen LogP contribution in [-0.4, -0.2) is 42.4 Å². The number of benzene rings is 1. The summed E-state index contributed by atoms with van der Waals surface area (Å²) in [6, 6.07) is 8.29. The maximum absolute atomic E-state index is 12.2. The lowest BCUT2D eigenvalue weighted by Gasteiger charge is -2.12. The predicted molar refractivity (Wildman–Crippen MR) is 97.2 cm³/mol. The minimum atomic E-state index is -0.435. The van der Waals surface area contributed by atoms with Crippen LogP contribution in [0.15, 0.2) is 30.3 Å². The molecule has 2 N–H and O–H groups in total. The zero-order chi connectivity index (χ0) is 18.0. The van der Waals surface area contributed by atoms with Crippen LogP contribution in [0.1, 0.15) is 9.67 Å². The number of imide groups is 1. The largest absolute Gasteiger partial charge is 0.350 e. The van der Waals surface area contributed by atoms with Crippen molar-refractivity contribution >= 4 is 52.4 Å². The summed E-state index contributed by atoms with van der Waals surface area (Å²) in [5.74, 6) is -0.563. The second-order valence-electron chi connectivity index (χ2n) is 5.28. The topological polar surface area (TPSA) is 78.5 Å². The number of carbonyl (C=O) groups excluding carboxylic acids is 3. The second kappa shape index (κ2) is 7.43. The van der Waals surface area contributed by atoms with E-state index in [2.05, 4.69) is 10.6 Å². The molecule has 0 saturated carbocycles. The number of nitrogens with one attached hydrogen (secondary N) is 2. The summed E-state index contributed by atoms with van der Waals surface area (Å²) in [6.45, 7) is 0.329. The second-order valence-corrected chi connectivity index (χ2v) is 7.24. The summed E-state index contributed by atoms with van der Waals surface area (Å²) >= 11 is 13.3. The molecule has 1 aliphatic rings. The van der Waals surface area contributed by atoms with Crippen LogP contribution in [0, 0.1) is 0 Å². The van der Waals surface area contributed by atoms with Crippen molar-refractivity contribution in [1.82, 2.24) is 15.5 Å². The van der Waals surface area contributed by atoms with Crippen molar-refractivity contribution < 1.29 is 14.4 Å². The number of amides is 4. The van der Waals surface area contributed by atoms with Gasteiger partial charge < -0.3 is 10.6 Å². The van der Waals surface area contributed by atoms with Gasteiger partial charge in [-0.25, -0.2) is 4.79 Å². The smallest absolute Gasteiger partial charge is 0.324 e. The van der Waals surface area contributed by atoms with Gasteiger partial charge in [0, 0.05) is 28.0 Å². The minimum absolute atomic E-state index is 0.00323. The van der Waals surface area contributed by atoms with Crippen LogP contribution in [0.2, 0.25) is 10.0 Å². The fourth-order valence-corrected chi connectivity index (χ4v) is 3.80. The lowest BCUT2D eigenvalue weighted by atomic mass is 10.2. The van der Waals surface area contributed by atoms with E-state index >= 15 is 0 Å². The highest BCUT2D eigenvalue weighted by Gasteiger charge is 2.27. The molecule has 2 aromatic rings. The van der Waals surface area contributed by atoms with Crippen LogP contribution in [0.25, 0.3) is 10.4 Å². The molecule has 1 aromatic carbocycles. The van der Waals surface area contributed by atoms with Crippen LogP contribution < -0.4 is 10.6 Å². The fraction of sp³-hybridized carbons (Fsp3) is 0.188. The van der Waals surface area contributed by atoms with E-state index in [0.717, 1.165) is 15.3 Å². The van der Waals surface area contributed by atoms with Crippen molar-refractivity contribution in [2.45, 2.75) is 0 Å². The lowest BCUT2D eigenvalue weighted by molar-refractivity contribution is -0.124. The first-order valence-electron chi connectivity index (χ1n) is 7.37. The van der Waals surface area contributed by atoms with Crippen molar-refractivity contribution in [3.8, 4) is 10.4 Å². The van der Waals surface area contributed by atoms with E-state index in [9.17, 15) is 14.4 Å². The molecule has 0 unspecified atom stereocenters. The number of hydrogen-bond acceptors (Lipinski definition) is 4. The van der Waals surface area contributed by atoms with Crippen molar-refractivity contribution in [3.63, 3.8) is 0 Å². The van der Waals surface area contributed by atoms with Gasteiger partial charge in [-0.2, -0.15) is 0 Å². The zero-order valence-electron chi connectivity index (χ0n) is 12.8. The Morgan fingerprint density at radius 3 is 2.56 bits per heavy atom. The third-order valence-electron chi connectivity index (χ3n) is 3.53. The zero-order valence-corrected chi connectivity index (χ0v) is 15.2. The Hall–Kier alpha value is -2.09. The number of thiophene rings is 1. The van der Waals surface area contributed by atoms with Crippen molar-refractivity contribution in [2.75, 3.05) is 19.6 Å². The SMILES string of the molecule is O=C(NCCN1C(=O)CNC1=O)c1ccc(-c2cc(Cl)cc(Cl)c2)s1. The molecule has 25 heavy (non-hydrogen) atoms. The highest BCUT2D eigenvalue weighted by molar-refractivity contribution is 7.17. The number of halogens is 2. The molecule has 0 spiro atoms. The van der Waals surface area contributed by atoms with E-state index in [-0.39, 0.29) is 31.4 Å². The Balaban J connectivity index is 1.61.